The minimum absolute atomic E-state index is 0.146. The van der Waals surface area contributed by atoms with Crippen LogP contribution in [0.4, 0.5) is 5.88 Å². The highest BCUT2D eigenvalue weighted by molar-refractivity contribution is 5.23. The first-order chi connectivity index (χ1) is 7.24. The van der Waals surface area contributed by atoms with Crippen molar-refractivity contribution >= 4 is 5.88 Å². The second-order valence-electron chi connectivity index (χ2n) is 4.32. The van der Waals surface area contributed by atoms with Crippen molar-refractivity contribution in [2.45, 2.75) is 37.3 Å². The van der Waals surface area contributed by atoms with Gasteiger partial charge in [0.2, 0.25) is 0 Å². The predicted octanol–water partition coefficient (Wildman–Crippen LogP) is 1.80. The number of nitrogens with one attached hydrogen (secondary N) is 1. The topological polar surface area (TPSA) is 68.3 Å². The van der Waals surface area contributed by atoms with Gasteiger partial charge in [-0.1, -0.05) is 0 Å². The van der Waals surface area contributed by atoms with Gasteiger partial charge in [-0.15, -0.1) is 0 Å². The van der Waals surface area contributed by atoms with Crippen LogP contribution in [0.15, 0.2) is 16.5 Å². The standard InChI is InChI=1S/C10H12N2O3/c13-12(14)10-4-3-9(15-10)7-5-6-1-2-8(7)11-6/h3-4,6-8,11H,1-2,5H2. The Balaban J connectivity index is 1.84. The van der Waals surface area contributed by atoms with Gasteiger partial charge in [0.15, 0.2) is 0 Å². The molecule has 0 aromatic carbocycles. The first kappa shape index (κ1) is 8.91. The molecular formula is C10H12N2O3. The van der Waals surface area contributed by atoms with Crippen LogP contribution >= 0.6 is 0 Å². The molecule has 0 amide bonds. The zero-order valence-electron chi connectivity index (χ0n) is 8.18. The number of furan rings is 1. The molecule has 2 aliphatic heterocycles. The molecule has 3 atom stereocenters. The second-order valence-corrected chi connectivity index (χ2v) is 4.32. The van der Waals surface area contributed by atoms with Crippen LogP contribution in [-0.4, -0.2) is 17.0 Å². The van der Waals surface area contributed by atoms with E-state index in [-0.39, 0.29) is 5.88 Å². The van der Waals surface area contributed by atoms with Crippen LogP contribution in [0.2, 0.25) is 0 Å². The number of hydrogen-bond donors (Lipinski definition) is 1. The lowest BCUT2D eigenvalue weighted by atomic mass is 9.87. The van der Waals surface area contributed by atoms with Crippen molar-refractivity contribution in [3.8, 4) is 0 Å². The largest absolute Gasteiger partial charge is 0.433 e. The maximum Gasteiger partial charge on any atom is 0.433 e. The Labute approximate surface area is 86.6 Å². The highest BCUT2D eigenvalue weighted by Gasteiger charge is 2.41. The number of rotatable bonds is 2. The molecule has 5 heteroatoms. The van der Waals surface area contributed by atoms with Crippen molar-refractivity contribution in [2.75, 3.05) is 0 Å². The summed E-state index contributed by atoms with van der Waals surface area (Å²) < 4.78 is 5.24. The van der Waals surface area contributed by atoms with Gasteiger partial charge in [-0.3, -0.25) is 10.1 Å². The molecule has 1 aromatic heterocycles. The third-order valence-corrected chi connectivity index (χ3v) is 3.46. The summed E-state index contributed by atoms with van der Waals surface area (Å²) in [4.78, 5) is 10.0. The average molecular weight is 208 g/mol. The molecule has 1 N–H and O–H groups in total. The van der Waals surface area contributed by atoms with Gasteiger partial charge in [-0.05, 0) is 25.3 Å². The minimum Gasteiger partial charge on any atom is -0.405 e. The zero-order valence-corrected chi connectivity index (χ0v) is 8.18. The molecule has 2 aliphatic rings. The molecule has 3 rings (SSSR count). The van der Waals surface area contributed by atoms with Crippen molar-refractivity contribution in [3.05, 3.63) is 28.0 Å². The lowest BCUT2D eigenvalue weighted by Gasteiger charge is -2.16. The molecule has 2 bridgehead atoms. The van der Waals surface area contributed by atoms with E-state index in [1.807, 2.05) is 0 Å². The van der Waals surface area contributed by atoms with Crippen molar-refractivity contribution in [3.63, 3.8) is 0 Å². The molecule has 2 fully saturated rings. The number of fused-ring (bicyclic) bond motifs is 2. The number of hydrogen-bond acceptors (Lipinski definition) is 4. The van der Waals surface area contributed by atoms with Gasteiger partial charge < -0.3 is 9.73 Å². The Morgan fingerprint density at radius 2 is 2.33 bits per heavy atom. The van der Waals surface area contributed by atoms with E-state index >= 15 is 0 Å². The highest BCUT2D eigenvalue weighted by atomic mass is 16.6. The second kappa shape index (κ2) is 3.06. The van der Waals surface area contributed by atoms with Crippen LogP contribution in [0.3, 0.4) is 0 Å². The van der Waals surface area contributed by atoms with Crippen molar-refractivity contribution in [1.82, 2.24) is 5.32 Å². The molecule has 0 aliphatic carbocycles. The normalized spacial score (nSPS) is 33.5. The molecule has 0 radical (unpaired) electrons. The summed E-state index contributed by atoms with van der Waals surface area (Å²) in [5.41, 5.74) is 0. The lowest BCUT2D eigenvalue weighted by molar-refractivity contribution is -0.402. The first-order valence-corrected chi connectivity index (χ1v) is 5.24. The van der Waals surface area contributed by atoms with Crippen molar-refractivity contribution in [1.29, 1.82) is 0 Å². The zero-order chi connectivity index (χ0) is 10.4. The Hall–Kier alpha value is -1.36. The van der Waals surface area contributed by atoms with Gasteiger partial charge in [0.1, 0.15) is 10.7 Å². The quantitative estimate of drug-likeness (QED) is 0.594. The first-order valence-electron chi connectivity index (χ1n) is 5.24. The van der Waals surface area contributed by atoms with Crippen molar-refractivity contribution in [2.24, 2.45) is 0 Å². The third-order valence-electron chi connectivity index (χ3n) is 3.46. The molecular weight excluding hydrogens is 196 g/mol. The van der Waals surface area contributed by atoms with Gasteiger partial charge >= 0.3 is 5.88 Å². The summed E-state index contributed by atoms with van der Waals surface area (Å²) in [5, 5.41) is 14.0. The molecule has 0 saturated carbocycles. The molecule has 3 heterocycles. The molecule has 3 unspecified atom stereocenters. The number of nitrogens with zero attached hydrogens (tertiary/aromatic N) is 1. The van der Waals surface area contributed by atoms with Gasteiger partial charge in [0, 0.05) is 18.0 Å². The molecule has 0 spiro atoms. The maximum absolute atomic E-state index is 10.5. The van der Waals surface area contributed by atoms with Gasteiger partial charge in [0.05, 0.1) is 6.07 Å². The van der Waals surface area contributed by atoms with E-state index in [9.17, 15) is 10.1 Å². The predicted molar refractivity (Wildman–Crippen MR) is 52.7 cm³/mol. The Morgan fingerprint density at radius 1 is 1.47 bits per heavy atom. The summed E-state index contributed by atoms with van der Waals surface area (Å²) in [6, 6.07) is 4.23. The Kier molecular flexibility index (Phi) is 1.82. The van der Waals surface area contributed by atoms with Crippen LogP contribution in [0, 0.1) is 10.1 Å². The Bertz CT molecular complexity index is 401. The number of nitro groups is 1. The average Bonchev–Trinajstić information content (AvgIpc) is 2.93. The summed E-state index contributed by atoms with van der Waals surface area (Å²) in [6.07, 6.45) is 3.43. The van der Waals surface area contributed by atoms with Gasteiger partial charge in [0.25, 0.3) is 0 Å². The van der Waals surface area contributed by atoms with E-state index in [2.05, 4.69) is 5.32 Å². The van der Waals surface area contributed by atoms with E-state index in [0.29, 0.717) is 18.0 Å². The highest BCUT2D eigenvalue weighted by Crippen LogP contribution is 2.41. The van der Waals surface area contributed by atoms with Crippen molar-refractivity contribution < 1.29 is 9.34 Å². The molecule has 1 aromatic rings. The van der Waals surface area contributed by atoms with Crippen LogP contribution in [0.5, 0.6) is 0 Å². The fourth-order valence-corrected chi connectivity index (χ4v) is 2.78. The van der Waals surface area contributed by atoms with Crippen LogP contribution < -0.4 is 5.32 Å². The summed E-state index contributed by atoms with van der Waals surface area (Å²) in [5.74, 6) is 0.951. The summed E-state index contributed by atoms with van der Waals surface area (Å²) >= 11 is 0. The molecule has 15 heavy (non-hydrogen) atoms. The Morgan fingerprint density at radius 3 is 2.87 bits per heavy atom. The molecule has 80 valence electrons. The van der Waals surface area contributed by atoms with E-state index in [0.717, 1.165) is 18.6 Å². The molecule has 2 saturated heterocycles. The summed E-state index contributed by atoms with van der Waals surface area (Å²) in [6.45, 7) is 0. The monoisotopic (exact) mass is 208 g/mol. The van der Waals surface area contributed by atoms with Gasteiger partial charge in [-0.2, -0.15) is 0 Å². The third kappa shape index (κ3) is 1.34. The van der Waals surface area contributed by atoms with Crippen LogP contribution in [0.25, 0.3) is 0 Å². The van der Waals surface area contributed by atoms with E-state index in [1.54, 1.807) is 6.07 Å². The maximum atomic E-state index is 10.5. The van der Waals surface area contributed by atoms with Crippen LogP contribution in [0.1, 0.15) is 30.9 Å². The fourth-order valence-electron chi connectivity index (χ4n) is 2.78. The lowest BCUT2D eigenvalue weighted by Crippen LogP contribution is -2.21. The minimum atomic E-state index is -0.482. The van der Waals surface area contributed by atoms with E-state index in [1.165, 1.54) is 12.5 Å². The summed E-state index contributed by atoms with van der Waals surface area (Å²) in [7, 11) is 0. The molecule has 5 nitrogen and oxygen atoms in total. The van der Waals surface area contributed by atoms with E-state index < -0.39 is 4.92 Å². The SMILES string of the molecule is O=[N+]([O-])c1ccc(C2CC3CCC2N3)o1. The fraction of sp³-hybridized carbons (Fsp3) is 0.600. The van der Waals surface area contributed by atoms with Crippen LogP contribution in [-0.2, 0) is 0 Å². The smallest absolute Gasteiger partial charge is 0.405 e. The van der Waals surface area contributed by atoms with E-state index in [4.69, 9.17) is 4.42 Å². The van der Waals surface area contributed by atoms with Gasteiger partial charge in [-0.25, -0.2) is 0 Å².